The van der Waals surface area contributed by atoms with Gasteiger partial charge in [0.05, 0.1) is 0 Å². The van der Waals surface area contributed by atoms with Crippen LogP contribution in [0.25, 0.3) is 0 Å². The summed E-state index contributed by atoms with van der Waals surface area (Å²) in [6, 6.07) is 2.88. The summed E-state index contributed by atoms with van der Waals surface area (Å²) in [6.07, 6.45) is 1.91. The lowest BCUT2D eigenvalue weighted by molar-refractivity contribution is 0.147. The summed E-state index contributed by atoms with van der Waals surface area (Å²) in [6.45, 7) is 8.99. The molecule has 0 atom stereocenters. The number of piperazine rings is 1. The minimum absolute atomic E-state index is 0.720. The summed E-state index contributed by atoms with van der Waals surface area (Å²) in [5.74, 6) is 1.11. The van der Waals surface area contributed by atoms with E-state index in [4.69, 9.17) is 0 Å². The third-order valence-electron chi connectivity index (χ3n) is 3.89. The number of hydrogen-bond donors (Lipinski definition) is 1. The molecule has 5 heteroatoms. The maximum atomic E-state index is 4.49. The smallest absolute Gasteiger partial charge is 0.128 e. The van der Waals surface area contributed by atoms with Crippen LogP contribution in [0.1, 0.15) is 5.56 Å². The van der Waals surface area contributed by atoms with Crippen molar-refractivity contribution in [3.8, 4) is 0 Å². The molecule has 2 aliphatic rings. The highest BCUT2D eigenvalue weighted by Gasteiger charge is 2.32. The minimum Gasteiger partial charge on any atom is -0.353 e. The third-order valence-corrected chi connectivity index (χ3v) is 4.72. The number of hydrogen-bond acceptors (Lipinski definition) is 4. The lowest BCUT2D eigenvalue weighted by atomic mass is 10.1. The quantitative estimate of drug-likeness (QED) is 0.891. The van der Waals surface area contributed by atoms with Crippen molar-refractivity contribution in [2.75, 3.05) is 44.2 Å². The van der Waals surface area contributed by atoms with E-state index in [0.717, 1.165) is 42.5 Å². The maximum absolute atomic E-state index is 4.49. The van der Waals surface area contributed by atoms with E-state index in [1.165, 1.54) is 18.7 Å². The van der Waals surface area contributed by atoms with Gasteiger partial charge >= 0.3 is 0 Å². The molecule has 0 unspecified atom stereocenters. The van der Waals surface area contributed by atoms with Crippen molar-refractivity contribution in [2.45, 2.75) is 13.0 Å². The van der Waals surface area contributed by atoms with Crippen LogP contribution in [0.15, 0.2) is 16.7 Å². The fourth-order valence-electron chi connectivity index (χ4n) is 2.62. The molecule has 2 fully saturated rings. The van der Waals surface area contributed by atoms with Gasteiger partial charge < -0.3 is 10.2 Å². The highest BCUT2D eigenvalue weighted by atomic mass is 79.9. The largest absolute Gasteiger partial charge is 0.353 e. The van der Waals surface area contributed by atoms with Crippen LogP contribution in [0, 0.1) is 6.92 Å². The van der Waals surface area contributed by atoms with Gasteiger partial charge in [-0.2, -0.15) is 0 Å². The van der Waals surface area contributed by atoms with Crippen molar-refractivity contribution in [3.63, 3.8) is 0 Å². The molecule has 1 N–H and O–H groups in total. The predicted octanol–water partition coefficient (Wildman–Crippen LogP) is 1.25. The highest BCUT2D eigenvalue weighted by Crippen LogP contribution is 2.25. The number of rotatable bonds is 2. The molecule has 0 bridgehead atoms. The molecular weight excluding hydrogens is 292 g/mol. The second-order valence-corrected chi connectivity index (χ2v) is 5.99. The molecule has 1 aromatic rings. The van der Waals surface area contributed by atoms with E-state index < -0.39 is 0 Å². The summed E-state index contributed by atoms with van der Waals surface area (Å²) >= 11 is 3.50. The number of halogens is 1. The van der Waals surface area contributed by atoms with Crippen molar-refractivity contribution >= 4 is 21.7 Å². The van der Waals surface area contributed by atoms with Crippen molar-refractivity contribution in [3.05, 3.63) is 22.3 Å². The Morgan fingerprint density at radius 3 is 2.72 bits per heavy atom. The Bertz CT molecular complexity index is 425. The summed E-state index contributed by atoms with van der Waals surface area (Å²) in [5, 5.41) is 3.40. The van der Waals surface area contributed by atoms with Crippen LogP contribution in [-0.2, 0) is 0 Å². The SMILES string of the molecule is Cc1cc(N2CC(N3CCNCC3)C2)ncc1Br. The third kappa shape index (κ3) is 2.39. The molecule has 4 nitrogen and oxygen atoms in total. The standard InChI is InChI=1S/C13H19BrN4/c1-10-6-13(16-7-12(10)14)18-8-11(9-18)17-4-2-15-3-5-17/h6-7,11,15H,2-5,8-9H2,1H3. The molecule has 3 heterocycles. The average molecular weight is 311 g/mol. The van der Waals surface area contributed by atoms with Crippen LogP contribution in [0.3, 0.4) is 0 Å². The Hall–Kier alpha value is -0.650. The first-order valence-corrected chi connectivity index (χ1v) is 7.35. The molecule has 3 rings (SSSR count). The van der Waals surface area contributed by atoms with Crippen LogP contribution >= 0.6 is 15.9 Å². The zero-order valence-corrected chi connectivity index (χ0v) is 12.3. The molecule has 0 aromatic carbocycles. The maximum Gasteiger partial charge on any atom is 0.128 e. The lowest BCUT2D eigenvalue weighted by Crippen LogP contribution is -2.63. The van der Waals surface area contributed by atoms with E-state index in [2.05, 4.69) is 49.0 Å². The van der Waals surface area contributed by atoms with E-state index >= 15 is 0 Å². The van der Waals surface area contributed by atoms with Gasteiger partial charge in [0.1, 0.15) is 5.82 Å². The van der Waals surface area contributed by atoms with Gasteiger partial charge in [-0.15, -0.1) is 0 Å². The Labute approximate surface area is 116 Å². The molecule has 0 saturated carbocycles. The number of anilines is 1. The first-order chi connectivity index (χ1) is 8.74. The van der Waals surface area contributed by atoms with Crippen LogP contribution < -0.4 is 10.2 Å². The van der Waals surface area contributed by atoms with Crippen molar-refractivity contribution in [1.29, 1.82) is 0 Å². The van der Waals surface area contributed by atoms with Gasteiger partial charge in [0.25, 0.3) is 0 Å². The number of pyridine rings is 1. The number of aromatic nitrogens is 1. The molecule has 0 amide bonds. The van der Waals surface area contributed by atoms with Gasteiger partial charge in [-0.25, -0.2) is 4.98 Å². The van der Waals surface area contributed by atoms with E-state index in [-0.39, 0.29) is 0 Å². The number of nitrogens with one attached hydrogen (secondary N) is 1. The van der Waals surface area contributed by atoms with Gasteiger partial charge in [-0.3, -0.25) is 4.90 Å². The van der Waals surface area contributed by atoms with E-state index in [1.54, 1.807) is 0 Å². The summed E-state index contributed by atoms with van der Waals surface area (Å²) in [5.41, 5.74) is 1.26. The van der Waals surface area contributed by atoms with Crippen LogP contribution in [0.4, 0.5) is 5.82 Å². The first kappa shape index (κ1) is 12.4. The normalized spacial score (nSPS) is 22.0. The van der Waals surface area contributed by atoms with Gasteiger partial charge in [-0.1, -0.05) is 0 Å². The average Bonchev–Trinajstić information content (AvgIpc) is 2.33. The molecule has 0 spiro atoms. The van der Waals surface area contributed by atoms with Crippen molar-refractivity contribution in [2.24, 2.45) is 0 Å². The number of aryl methyl sites for hydroxylation is 1. The van der Waals surface area contributed by atoms with Crippen LogP contribution in [-0.4, -0.2) is 55.2 Å². The van der Waals surface area contributed by atoms with Gasteiger partial charge in [0, 0.05) is 56.0 Å². The van der Waals surface area contributed by atoms with Gasteiger partial charge in [-0.05, 0) is 34.5 Å². The van der Waals surface area contributed by atoms with Crippen LogP contribution in [0.2, 0.25) is 0 Å². The second-order valence-electron chi connectivity index (χ2n) is 5.14. The molecule has 2 saturated heterocycles. The zero-order valence-electron chi connectivity index (χ0n) is 10.7. The zero-order chi connectivity index (χ0) is 12.5. The molecule has 18 heavy (non-hydrogen) atoms. The van der Waals surface area contributed by atoms with Crippen molar-refractivity contribution in [1.82, 2.24) is 15.2 Å². The number of nitrogens with zero attached hydrogens (tertiary/aromatic N) is 3. The molecule has 98 valence electrons. The molecule has 1 aromatic heterocycles. The van der Waals surface area contributed by atoms with E-state index in [0.29, 0.717) is 0 Å². The summed E-state index contributed by atoms with van der Waals surface area (Å²) in [7, 11) is 0. The fraction of sp³-hybridized carbons (Fsp3) is 0.615. The lowest BCUT2D eigenvalue weighted by Gasteiger charge is -2.47. The van der Waals surface area contributed by atoms with Gasteiger partial charge in [0.15, 0.2) is 0 Å². The highest BCUT2D eigenvalue weighted by molar-refractivity contribution is 9.10. The van der Waals surface area contributed by atoms with Crippen molar-refractivity contribution < 1.29 is 0 Å². The van der Waals surface area contributed by atoms with E-state index in [9.17, 15) is 0 Å². The molecular formula is C13H19BrN4. The Balaban J connectivity index is 1.59. The topological polar surface area (TPSA) is 31.4 Å². The van der Waals surface area contributed by atoms with E-state index in [1.807, 2.05) is 6.20 Å². The summed E-state index contributed by atoms with van der Waals surface area (Å²) in [4.78, 5) is 9.45. The first-order valence-electron chi connectivity index (χ1n) is 6.56. The Morgan fingerprint density at radius 2 is 2.06 bits per heavy atom. The second kappa shape index (κ2) is 5.15. The Morgan fingerprint density at radius 1 is 1.33 bits per heavy atom. The minimum atomic E-state index is 0.720. The Kier molecular flexibility index (Phi) is 3.54. The fourth-order valence-corrected chi connectivity index (χ4v) is 2.83. The predicted molar refractivity (Wildman–Crippen MR) is 77.1 cm³/mol. The molecule has 2 aliphatic heterocycles. The summed E-state index contributed by atoms with van der Waals surface area (Å²) < 4.78 is 1.09. The van der Waals surface area contributed by atoms with Gasteiger partial charge in [0.2, 0.25) is 0 Å². The molecule has 0 radical (unpaired) electrons. The molecule has 0 aliphatic carbocycles. The van der Waals surface area contributed by atoms with Crippen LogP contribution in [0.5, 0.6) is 0 Å². The monoisotopic (exact) mass is 310 g/mol.